The second-order valence-corrected chi connectivity index (χ2v) is 16.1. The van der Waals surface area contributed by atoms with Crippen molar-refractivity contribution in [2.24, 2.45) is 0 Å². The van der Waals surface area contributed by atoms with Gasteiger partial charge in [-0.3, -0.25) is 4.79 Å². The van der Waals surface area contributed by atoms with Gasteiger partial charge >= 0.3 is 0 Å². The van der Waals surface area contributed by atoms with E-state index in [2.05, 4.69) is 55.6 Å². The summed E-state index contributed by atoms with van der Waals surface area (Å²) in [6.07, 6.45) is 29.1. The van der Waals surface area contributed by atoms with Crippen molar-refractivity contribution in [3.05, 3.63) is 36.5 Å². The fourth-order valence-corrected chi connectivity index (χ4v) is 7.04. The highest BCUT2D eigenvalue weighted by Crippen LogP contribution is 2.23. The zero-order chi connectivity index (χ0) is 41.9. The fourth-order valence-electron chi connectivity index (χ4n) is 7.04. The standard InChI is InChI=1S/C46H85NO10/c1-3-5-7-9-11-13-15-17-18-19-20-21-22-24-26-28-30-32-34-39(50)45(55)47-37(36-56-46-44(54)43(53)42(52)40(35-48)57-46)41(51)38(49)33-31-29-27-25-23-16-14-12-10-8-6-4-2/h12,14,19-20,25,27,37-44,46,48-54H,3-11,13,15-18,21-24,26,28-36H2,1-2H3,(H,47,55)/b14-12+,20-19-,27-25+. The predicted octanol–water partition coefficient (Wildman–Crippen LogP) is 7.22. The van der Waals surface area contributed by atoms with Crippen molar-refractivity contribution < 1.29 is 50.0 Å². The van der Waals surface area contributed by atoms with E-state index < -0.39 is 74.2 Å². The zero-order valence-corrected chi connectivity index (χ0v) is 35.8. The molecule has 11 nitrogen and oxygen atoms in total. The van der Waals surface area contributed by atoms with E-state index in [9.17, 15) is 40.5 Å². The monoisotopic (exact) mass is 812 g/mol. The zero-order valence-electron chi connectivity index (χ0n) is 35.8. The number of ether oxygens (including phenoxy) is 2. The maximum absolute atomic E-state index is 13.1. The first-order chi connectivity index (χ1) is 27.7. The minimum absolute atomic E-state index is 0.243. The van der Waals surface area contributed by atoms with E-state index in [1.165, 1.54) is 77.0 Å². The van der Waals surface area contributed by atoms with Crippen LogP contribution in [-0.4, -0.2) is 110 Å². The number of hydrogen-bond acceptors (Lipinski definition) is 10. The normalized spacial score (nSPS) is 22.4. The lowest BCUT2D eigenvalue weighted by Gasteiger charge is -2.40. The summed E-state index contributed by atoms with van der Waals surface area (Å²) in [6.45, 7) is 3.37. The minimum Gasteiger partial charge on any atom is -0.394 e. The van der Waals surface area contributed by atoms with Crippen LogP contribution in [0.5, 0.6) is 0 Å². The van der Waals surface area contributed by atoms with Crippen LogP contribution in [0.2, 0.25) is 0 Å². The molecule has 1 heterocycles. The molecule has 0 aliphatic carbocycles. The molecular formula is C46H85NO10. The van der Waals surface area contributed by atoms with Crippen LogP contribution in [0.3, 0.4) is 0 Å². The molecule has 0 bridgehead atoms. The van der Waals surface area contributed by atoms with Gasteiger partial charge in [-0.2, -0.15) is 0 Å². The molecule has 1 aliphatic heterocycles. The van der Waals surface area contributed by atoms with Crippen molar-refractivity contribution in [3.8, 4) is 0 Å². The van der Waals surface area contributed by atoms with E-state index in [1.54, 1.807) is 0 Å². The Hall–Kier alpha value is -1.67. The van der Waals surface area contributed by atoms with Crippen LogP contribution in [-0.2, 0) is 14.3 Å². The fraction of sp³-hybridized carbons (Fsp3) is 0.848. The number of rotatable bonds is 37. The van der Waals surface area contributed by atoms with Gasteiger partial charge in [0.25, 0.3) is 0 Å². The third kappa shape index (κ3) is 26.2. The predicted molar refractivity (Wildman–Crippen MR) is 228 cm³/mol. The average Bonchev–Trinajstić information content (AvgIpc) is 3.21. The van der Waals surface area contributed by atoms with Gasteiger partial charge < -0.3 is 50.5 Å². The van der Waals surface area contributed by atoms with Gasteiger partial charge in [-0.1, -0.05) is 140 Å². The van der Waals surface area contributed by atoms with E-state index in [0.717, 1.165) is 57.8 Å². The molecular weight excluding hydrogens is 727 g/mol. The molecule has 1 rings (SSSR count). The summed E-state index contributed by atoms with van der Waals surface area (Å²) in [7, 11) is 0. The Morgan fingerprint density at radius 2 is 1.05 bits per heavy atom. The molecule has 0 aromatic rings. The Morgan fingerprint density at radius 1 is 0.596 bits per heavy atom. The molecule has 1 aliphatic rings. The van der Waals surface area contributed by atoms with Crippen LogP contribution in [0.1, 0.15) is 181 Å². The first kappa shape index (κ1) is 53.3. The highest BCUT2D eigenvalue weighted by Gasteiger charge is 2.44. The minimum atomic E-state index is -1.67. The van der Waals surface area contributed by atoms with E-state index in [0.29, 0.717) is 19.3 Å². The molecule has 0 aromatic carbocycles. The average molecular weight is 812 g/mol. The van der Waals surface area contributed by atoms with E-state index in [4.69, 9.17) is 9.47 Å². The Balaban J connectivity index is 2.48. The number of unbranched alkanes of at least 4 members (excludes halogenated alkanes) is 19. The van der Waals surface area contributed by atoms with Crippen molar-refractivity contribution >= 4 is 5.91 Å². The maximum atomic E-state index is 13.1. The van der Waals surface area contributed by atoms with Crippen LogP contribution in [0, 0.1) is 0 Å². The topological polar surface area (TPSA) is 189 Å². The lowest BCUT2D eigenvalue weighted by molar-refractivity contribution is -0.303. The number of amides is 1. The Morgan fingerprint density at radius 3 is 1.60 bits per heavy atom. The SMILES string of the molecule is CCCCC/C=C/CC/C=C/CCCC(O)C(O)C(COC1OC(CO)C(O)C(O)C1O)NC(=O)C(O)CCCCCCCC/C=C\CCCCCCCCCC. The smallest absolute Gasteiger partial charge is 0.249 e. The highest BCUT2D eigenvalue weighted by molar-refractivity contribution is 5.80. The van der Waals surface area contributed by atoms with Gasteiger partial charge in [0.05, 0.1) is 25.4 Å². The molecule has 9 unspecified atom stereocenters. The molecule has 8 N–H and O–H groups in total. The largest absolute Gasteiger partial charge is 0.394 e. The number of allylic oxidation sites excluding steroid dienone is 6. The maximum Gasteiger partial charge on any atom is 0.249 e. The Labute approximate surface area is 346 Å². The van der Waals surface area contributed by atoms with Crippen molar-refractivity contribution in [2.45, 2.75) is 236 Å². The van der Waals surface area contributed by atoms with Gasteiger partial charge in [0.15, 0.2) is 6.29 Å². The molecule has 0 spiro atoms. The summed E-state index contributed by atoms with van der Waals surface area (Å²) in [6, 6.07) is -1.19. The van der Waals surface area contributed by atoms with Crippen LogP contribution in [0.15, 0.2) is 36.5 Å². The summed E-state index contributed by atoms with van der Waals surface area (Å²) < 4.78 is 11.0. The molecule has 1 saturated heterocycles. The molecule has 57 heavy (non-hydrogen) atoms. The molecule has 334 valence electrons. The van der Waals surface area contributed by atoms with Crippen LogP contribution in [0.4, 0.5) is 0 Å². The van der Waals surface area contributed by atoms with Crippen molar-refractivity contribution in [1.82, 2.24) is 5.32 Å². The number of aliphatic hydroxyl groups is 7. The molecule has 0 saturated carbocycles. The lowest BCUT2D eigenvalue weighted by atomic mass is 9.98. The second kappa shape index (κ2) is 36.2. The first-order valence-electron chi connectivity index (χ1n) is 22.9. The van der Waals surface area contributed by atoms with Crippen LogP contribution >= 0.6 is 0 Å². The number of aliphatic hydroxyl groups excluding tert-OH is 7. The molecule has 0 radical (unpaired) electrons. The van der Waals surface area contributed by atoms with Crippen molar-refractivity contribution in [2.75, 3.05) is 13.2 Å². The van der Waals surface area contributed by atoms with Gasteiger partial charge in [0.1, 0.15) is 36.6 Å². The first-order valence-corrected chi connectivity index (χ1v) is 22.9. The molecule has 11 heteroatoms. The number of carbonyl (C=O) groups is 1. The molecule has 1 amide bonds. The van der Waals surface area contributed by atoms with Crippen LogP contribution < -0.4 is 5.32 Å². The molecule has 9 atom stereocenters. The summed E-state index contributed by atoms with van der Waals surface area (Å²) >= 11 is 0. The molecule has 1 fully saturated rings. The van der Waals surface area contributed by atoms with Gasteiger partial charge in [0, 0.05) is 0 Å². The second-order valence-electron chi connectivity index (χ2n) is 16.1. The van der Waals surface area contributed by atoms with Crippen molar-refractivity contribution in [1.29, 1.82) is 0 Å². The lowest BCUT2D eigenvalue weighted by Crippen LogP contribution is -2.60. The van der Waals surface area contributed by atoms with Gasteiger partial charge in [-0.05, 0) is 77.0 Å². The van der Waals surface area contributed by atoms with E-state index in [-0.39, 0.29) is 12.8 Å². The number of carbonyl (C=O) groups excluding carboxylic acids is 1. The highest BCUT2D eigenvalue weighted by atomic mass is 16.7. The van der Waals surface area contributed by atoms with Gasteiger partial charge in [-0.25, -0.2) is 0 Å². The molecule has 0 aromatic heterocycles. The number of hydrogen-bond donors (Lipinski definition) is 8. The third-order valence-corrected chi connectivity index (χ3v) is 10.9. The van der Waals surface area contributed by atoms with Gasteiger partial charge in [0.2, 0.25) is 5.91 Å². The Kier molecular flexibility index (Phi) is 33.9. The summed E-state index contributed by atoms with van der Waals surface area (Å²) in [5.41, 5.74) is 0. The van der Waals surface area contributed by atoms with E-state index >= 15 is 0 Å². The summed E-state index contributed by atoms with van der Waals surface area (Å²) in [4.78, 5) is 13.1. The summed E-state index contributed by atoms with van der Waals surface area (Å²) in [5, 5.41) is 75.5. The third-order valence-electron chi connectivity index (χ3n) is 10.9. The number of nitrogens with one attached hydrogen (secondary N) is 1. The Bertz CT molecular complexity index is 1020. The van der Waals surface area contributed by atoms with Gasteiger partial charge in [-0.15, -0.1) is 0 Å². The van der Waals surface area contributed by atoms with Crippen molar-refractivity contribution in [3.63, 3.8) is 0 Å². The summed E-state index contributed by atoms with van der Waals surface area (Å²) in [5.74, 6) is -0.718. The quantitative estimate of drug-likeness (QED) is 0.0235. The van der Waals surface area contributed by atoms with Crippen LogP contribution in [0.25, 0.3) is 0 Å². The van der Waals surface area contributed by atoms with E-state index in [1.807, 2.05) is 0 Å².